The number of aryl methyl sites for hydroxylation is 1. The maximum absolute atomic E-state index is 12.0. The molecule has 0 saturated carbocycles. The summed E-state index contributed by atoms with van der Waals surface area (Å²) in [5.41, 5.74) is 3.01. The number of benzene rings is 3. The van der Waals surface area contributed by atoms with Crippen molar-refractivity contribution in [2.75, 3.05) is 5.32 Å². The fourth-order valence-electron chi connectivity index (χ4n) is 2.38. The Kier molecular flexibility index (Phi) is 4.01. The van der Waals surface area contributed by atoms with Gasteiger partial charge < -0.3 is 5.32 Å². The largest absolute Gasteiger partial charge is 0.323 e. The van der Waals surface area contributed by atoms with Crippen LogP contribution in [0, 0.1) is 6.92 Å². The molecule has 108 valence electrons. The molecule has 0 aliphatic rings. The summed E-state index contributed by atoms with van der Waals surface area (Å²) >= 11 is 0. The average Bonchev–Trinajstić information content (AvgIpc) is 2.55. The minimum absolute atomic E-state index is 0.128. The first-order valence-corrected chi connectivity index (χ1v) is 7.26. The molecule has 0 unspecified atom stereocenters. The van der Waals surface area contributed by atoms with Gasteiger partial charge in [0.2, 0.25) is 5.91 Å². The third-order valence-electron chi connectivity index (χ3n) is 3.56. The summed E-state index contributed by atoms with van der Waals surface area (Å²) < 4.78 is 0. The SMILES string of the molecule is Cc1ccc(NC(=O)/C=C/c2cccc3ccccc23)cc1. The zero-order valence-electron chi connectivity index (χ0n) is 12.4. The quantitative estimate of drug-likeness (QED) is 0.689. The number of anilines is 1. The first-order chi connectivity index (χ1) is 10.7. The average molecular weight is 287 g/mol. The highest BCUT2D eigenvalue weighted by atomic mass is 16.1. The highest BCUT2D eigenvalue weighted by Crippen LogP contribution is 2.19. The predicted molar refractivity (Wildman–Crippen MR) is 92.8 cm³/mol. The summed E-state index contributed by atoms with van der Waals surface area (Å²) in [6, 6.07) is 22.0. The van der Waals surface area contributed by atoms with E-state index >= 15 is 0 Å². The van der Waals surface area contributed by atoms with Gasteiger partial charge in [0.25, 0.3) is 0 Å². The standard InChI is InChI=1S/C20H17NO/c1-15-9-12-18(13-10-15)21-20(22)14-11-17-7-4-6-16-5-2-3-8-19(16)17/h2-14H,1H3,(H,21,22)/b14-11+. The molecule has 3 rings (SSSR count). The van der Waals surface area contributed by atoms with Crippen molar-refractivity contribution < 1.29 is 4.79 Å². The Bertz CT molecular complexity index is 826. The number of carbonyl (C=O) groups is 1. The molecule has 22 heavy (non-hydrogen) atoms. The highest BCUT2D eigenvalue weighted by Gasteiger charge is 1.99. The molecule has 0 fully saturated rings. The van der Waals surface area contributed by atoms with E-state index in [0.717, 1.165) is 16.6 Å². The van der Waals surface area contributed by atoms with Crippen molar-refractivity contribution in [2.24, 2.45) is 0 Å². The van der Waals surface area contributed by atoms with E-state index in [0.29, 0.717) is 0 Å². The maximum Gasteiger partial charge on any atom is 0.248 e. The van der Waals surface area contributed by atoms with Crippen LogP contribution in [0.4, 0.5) is 5.69 Å². The van der Waals surface area contributed by atoms with Gasteiger partial charge in [-0.1, -0.05) is 60.2 Å². The fraction of sp³-hybridized carbons (Fsp3) is 0.0500. The van der Waals surface area contributed by atoms with Crippen LogP contribution in [0.15, 0.2) is 72.8 Å². The van der Waals surface area contributed by atoms with E-state index in [1.807, 2.05) is 61.5 Å². The van der Waals surface area contributed by atoms with E-state index < -0.39 is 0 Å². The topological polar surface area (TPSA) is 29.1 Å². The van der Waals surface area contributed by atoms with Crippen LogP contribution in [0.5, 0.6) is 0 Å². The van der Waals surface area contributed by atoms with Gasteiger partial charge >= 0.3 is 0 Å². The molecule has 1 amide bonds. The summed E-state index contributed by atoms with van der Waals surface area (Å²) in [5.74, 6) is -0.128. The summed E-state index contributed by atoms with van der Waals surface area (Å²) in [7, 11) is 0. The second-order valence-electron chi connectivity index (χ2n) is 5.26. The van der Waals surface area contributed by atoms with Gasteiger partial charge in [-0.3, -0.25) is 4.79 Å². The smallest absolute Gasteiger partial charge is 0.248 e. The third-order valence-corrected chi connectivity index (χ3v) is 3.56. The van der Waals surface area contributed by atoms with E-state index in [2.05, 4.69) is 23.5 Å². The Morgan fingerprint density at radius 2 is 1.64 bits per heavy atom. The van der Waals surface area contributed by atoms with Crippen molar-refractivity contribution in [2.45, 2.75) is 6.92 Å². The van der Waals surface area contributed by atoms with Gasteiger partial charge in [0.15, 0.2) is 0 Å². The molecule has 0 heterocycles. The maximum atomic E-state index is 12.0. The molecule has 1 N–H and O–H groups in total. The summed E-state index contributed by atoms with van der Waals surface area (Å²) in [4.78, 5) is 12.0. The van der Waals surface area contributed by atoms with Gasteiger partial charge in [0.05, 0.1) is 0 Å². The molecule has 0 radical (unpaired) electrons. The van der Waals surface area contributed by atoms with Gasteiger partial charge in [-0.05, 0) is 41.5 Å². The molecule has 0 aliphatic heterocycles. The lowest BCUT2D eigenvalue weighted by molar-refractivity contribution is -0.111. The van der Waals surface area contributed by atoms with Gasteiger partial charge in [0, 0.05) is 11.8 Å². The molecule has 0 spiro atoms. The lowest BCUT2D eigenvalue weighted by atomic mass is 10.0. The molecule has 3 aromatic rings. The Hall–Kier alpha value is -2.87. The van der Waals surface area contributed by atoms with Crippen LogP contribution in [0.2, 0.25) is 0 Å². The molecule has 0 atom stereocenters. The van der Waals surface area contributed by atoms with Gasteiger partial charge in [-0.2, -0.15) is 0 Å². The zero-order chi connectivity index (χ0) is 15.4. The van der Waals surface area contributed by atoms with Crippen LogP contribution >= 0.6 is 0 Å². The van der Waals surface area contributed by atoms with Crippen molar-refractivity contribution in [3.05, 3.63) is 83.9 Å². The van der Waals surface area contributed by atoms with Crippen molar-refractivity contribution in [1.29, 1.82) is 0 Å². The second-order valence-corrected chi connectivity index (χ2v) is 5.26. The Morgan fingerprint density at radius 3 is 2.45 bits per heavy atom. The molecule has 3 aromatic carbocycles. The fourth-order valence-corrected chi connectivity index (χ4v) is 2.38. The van der Waals surface area contributed by atoms with Crippen molar-refractivity contribution in [3.8, 4) is 0 Å². The number of fused-ring (bicyclic) bond motifs is 1. The van der Waals surface area contributed by atoms with Crippen molar-refractivity contribution >= 4 is 28.4 Å². The number of carbonyl (C=O) groups excluding carboxylic acids is 1. The number of rotatable bonds is 3. The number of nitrogens with one attached hydrogen (secondary N) is 1. The lowest BCUT2D eigenvalue weighted by Gasteiger charge is -2.03. The van der Waals surface area contributed by atoms with Crippen LogP contribution in [0.25, 0.3) is 16.8 Å². The summed E-state index contributed by atoms with van der Waals surface area (Å²) in [6.07, 6.45) is 3.42. The van der Waals surface area contributed by atoms with Crippen LogP contribution in [0.3, 0.4) is 0 Å². The molecule has 0 aromatic heterocycles. The molecule has 2 nitrogen and oxygen atoms in total. The van der Waals surface area contributed by atoms with Crippen LogP contribution in [-0.2, 0) is 4.79 Å². The summed E-state index contributed by atoms with van der Waals surface area (Å²) in [5, 5.41) is 5.17. The van der Waals surface area contributed by atoms with Gasteiger partial charge in [0.1, 0.15) is 0 Å². The van der Waals surface area contributed by atoms with E-state index in [-0.39, 0.29) is 5.91 Å². The normalized spacial score (nSPS) is 11.0. The molecular formula is C20H17NO. The molecule has 2 heteroatoms. The van der Waals surface area contributed by atoms with E-state index in [1.54, 1.807) is 6.08 Å². The Balaban J connectivity index is 1.78. The van der Waals surface area contributed by atoms with E-state index in [4.69, 9.17) is 0 Å². The first-order valence-electron chi connectivity index (χ1n) is 7.26. The number of amides is 1. The summed E-state index contributed by atoms with van der Waals surface area (Å²) in [6.45, 7) is 2.02. The van der Waals surface area contributed by atoms with Crippen molar-refractivity contribution in [1.82, 2.24) is 0 Å². The lowest BCUT2D eigenvalue weighted by Crippen LogP contribution is -2.07. The van der Waals surface area contributed by atoms with Crippen LogP contribution in [0.1, 0.15) is 11.1 Å². The monoisotopic (exact) mass is 287 g/mol. The van der Waals surface area contributed by atoms with Crippen LogP contribution in [-0.4, -0.2) is 5.91 Å². The Labute approximate surface area is 130 Å². The molecule has 0 saturated heterocycles. The minimum Gasteiger partial charge on any atom is -0.323 e. The minimum atomic E-state index is -0.128. The first kappa shape index (κ1) is 14.1. The second kappa shape index (κ2) is 6.27. The number of hydrogen-bond acceptors (Lipinski definition) is 1. The molecule has 0 aliphatic carbocycles. The molecule has 0 bridgehead atoms. The van der Waals surface area contributed by atoms with Gasteiger partial charge in [-0.15, -0.1) is 0 Å². The van der Waals surface area contributed by atoms with E-state index in [9.17, 15) is 4.79 Å². The third kappa shape index (κ3) is 3.23. The Morgan fingerprint density at radius 1 is 0.909 bits per heavy atom. The van der Waals surface area contributed by atoms with Gasteiger partial charge in [-0.25, -0.2) is 0 Å². The predicted octanol–water partition coefficient (Wildman–Crippen LogP) is 4.80. The molecular weight excluding hydrogens is 270 g/mol. The van der Waals surface area contributed by atoms with Crippen LogP contribution < -0.4 is 5.32 Å². The number of hydrogen-bond donors (Lipinski definition) is 1. The highest BCUT2D eigenvalue weighted by molar-refractivity contribution is 6.03. The zero-order valence-corrected chi connectivity index (χ0v) is 12.4. The van der Waals surface area contributed by atoms with E-state index in [1.165, 1.54) is 10.9 Å². The van der Waals surface area contributed by atoms with Crippen molar-refractivity contribution in [3.63, 3.8) is 0 Å².